The average molecular weight is 470 g/mol. The maximum Gasteiger partial charge on any atom is 0.193 e. The number of rotatable bonds is 7. The van der Waals surface area contributed by atoms with Crippen molar-refractivity contribution in [2.45, 2.75) is 26.3 Å². The molecule has 0 saturated carbocycles. The molecule has 0 spiro atoms. The van der Waals surface area contributed by atoms with Gasteiger partial charge < -0.3 is 19.5 Å². The normalized spacial score (nSPS) is 17.5. The van der Waals surface area contributed by atoms with Gasteiger partial charge in [-0.3, -0.25) is 4.99 Å². The van der Waals surface area contributed by atoms with Crippen LogP contribution >= 0.6 is 24.0 Å². The van der Waals surface area contributed by atoms with Gasteiger partial charge in [-0.25, -0.2) is 0 Å². The second-order valence-electron chi connectivity index (χ2n) is 6.71. The molecule has 1 aromatic heterocycles. The average Bonchev–Trinajstić information content (AvgIpc) is 3.25. The molecule has 0 amide bonds. The van der Waals surface area contributed by atoms with Crippen molar-refractivity contribution < 1.29 is 4.74 Å². The number of aliphatic imine (C=N–C) groups is 1. The zero-order valence-electron chi connectivity index (χ0n) is 15.9. The van der Waals surface area contributed by atoms with Gasteiger partial charge in [-0.15, -0.1) is 24.0 Å². The van der Waals surface area contributed by atoms with E-state index in [-0.39, 0.29) is 24.0 Å². The third-order valence-corrected chi connectivity index (χ3v) is 4.82. The Morgan fingerprint density at radius 2 is 2.15 bits per heavy atom. The molecule has 6 heteroatoms. The fourth-order valence-electron chi connectivity index (χ4n) is 3.58. The lowest BCUT2D eigenvalue weighted by Crippen LogP contribution is -2.40. The smallest absolute Gasteiger partial charge is 0.193 e. The van der Waals surface area contributed by atoms with E-state index in [0.29, 0.717) is 5.92 Å². The molecule has 0 bridgehead atoms. The summed E-state index contributed by atoms with van der Waals surface area (Å²) in [7, 11) is 1.78. The van der Waals surface area contributed by atoms with E-state index in [9.17, 15) is 0 Å². The van der Waals surface area contributed by atoms with E-state index in [1.165, 1.54) is 17.3 Å². The van der Waals surface area contributed by atoms with Gasteiger partial charge in [0.15, 0.2) is 5.96 Å². The first-order valence-corrected chi connectivity index (χ1v) is 9.38. The summed E-state index contributed by atoms with van der Waals surface area (Å²) in [6.07, 6.45) is 4.41. The Balaban J connectivity index is 0.00000243. The van der Waals surface area contributed by atoms with Crippen LogP contribution in [-0.4, -0.2) is 55.3 Å². The van der Waals surface area contributed by atoms with Gasteiger partial charge in [0.25, 0.3) is 0 Å². The summed E-state index contributed by atoms with van der Waals surface area (Å²) in [4.78, 5) is 7.22. The Hall–Kier alpha value is -1.28. The van der Waals surface area contributed by atoms with Crippen LogP contribution in [0.3, 0.4) is 0 Å². The van der Waals surface area contributed by atoms with Crippen LogP contribution < -0.4 is 5.32 Å². The first-order valence-electron chi connectivity index (χ1n) is 9.38. The van der Waals surface area contributed by atoms with Crippen molar-refractivity contribution in [2.24, 2.45) is 10.9 Å². The van der Waals surface area contributed by atoms with Gasteiger partial charge in [-0.05, 0) is 37.3 Å². The number of para-hydroxylation sites is 1. The lowest BCUT2D eigenvalue weighted by Gasteiger charge is -2.21. The Morgan fingerprint density at radius 3 is 2.96 bits per heavy atom. The van der Waals surface area contributed by atoms with Gasteiger partial charge in [0.2, 0.25) is 0 Å². The number of hydrogen-bond acceptors (Lipinski definition) is 2. The molecule has 1 fully saturated rings. The lowest BCUT2D eigenvalue weighted by molar-refractivity contribution is 0.157. The van der Waals surface area contributed by atoms with Gasteiger partial charge in [-0.2, -0.15) is 0 Å². The van der Waals surface area contributed by atoms with E-state index in [4.69, 9.17) is 9.73 Å². The zero-order valence-corrected chi connectivity index (χ0v) is 18.2. The van der Waals surface area contributed by atoms with Gasteiger partial charge in [0.05, 0.1) is 6.61 Å². The van der Waals surface area contributed by atoms with Crippen molar-refractivity contribution in [1.29, 1.82) is 0 Å². The predicted molar refractivity (Wildman–Crippen MR) is 120 cm³/mol. The third-order valence-electron chi connectivity index (χ3n) is 4.82. The number of halogens is 1. The molecule has 1 N–H and O–H groups in total. The summed E-state index contributed by atoms with van der Waals surface area (Å²) in [5.41, 5.74) is 1.31. The number of likely N-dealkylation sites (tertiary alicyclic amines) is 1. The number of ether oxygens (including phenoxy) is 1. The summed E-state index contributed by atoms with van der Waals surface area (Å²) < 4.78 is 7.62. The molecule has 0 radical (unpaired) electrons. The maximum absolute atomic E-state index is 5.30. The van der Waals surface area contributed by atoms with Crippen molar-refractivity contribution in [3.8, 4) is 0 Å². The van der Waals surface area contributed by atoms with Crippen LogP contribution in [0.15, 0.2) is 41.5 Å². The number of methoxy groups -OCH3 is 1. The van der Waals surface area contributed by atoms with Crippen LogP contribution in [0.25, 0.3) is 10.9 Å². The van der Waals surface area contributed by atoms with Crippen LogP contribution in [0.5, 0.6) is 0 Å². The van der Waals surface area contributed by atoms with Crippen LogP contribution in [0.4, 0.5) is 0 Å². The number of hydrogen-bond donors (Lipinski definition) is 1. The van der Waals surface area contributed by atoms with Gasteiger partial charge in [-0.1, -0.05) is 18.2 Å². The summed E-state index contributed by atoms with van der Waals surface area (Å²) >= 11 is 0. The molecule has 0 aliphatic carbocycles. The summed E-state index contributed by atoms with van der Waals surface area (Å²) in [6, 6.07) is 10.7. The third kappa shape index (κ3) is 5.36. The fraction of sp³-hybridized carbons (Fsp3) is 0.550. The van der Waals surface area contributed by atoms with Crippen molar-refractivity contribution in [3.63, 3.8) is 0 Å². The highest BCUT2D eigenvalue weighted by Crippen LogP contribution is 2.17. The second-order valence-corrected chi connectivity index (χ2v) is 6.71. The van der Waals surface area contributed by atoms with Crippen molar-refractivity contribution in [3.05, 3.63) is 36.5 Å². The van der Waals surface area contributed by atoms with E-state index >= 15 is 0 Å². The second kappa shape index (κ2) is 10.8. The SMILES string of the molecule is CCNC(=NCCCn1ccc2ccccc21)N1CCC(COC)C1.I. The van der Waals surface area contributed by atoms with E-state index in [2.05, 4.69) is 58.2 Å². The summed E-state index contributed by atoms with van der Waals surface area (Å²) in [5, 5.41) is 4.74. The number of nitrogens with zero attached hydrogens (tertiary/aromatic N) is 3. The van der Waals surface area contributed by atoms with E-state index in [1.807, 2.05) is 0 Å². The zero-order chi connectivity index (χ0) is 17.5. The molecule has 1 atom stereocenters. The largest absolute Gasteiger partial charge is 0.384 e. The Kier molecular flexibility index (Phi) is 8.71. The maximum atomic E-state index is 5.30. The molecule has 26 heavy (non-hydrogen) atoms. The van der Waals surface area contributed by atoms with Crippen molar-refractivity contribution in [2.75, 3.05) is 39.9 Å². The standard InChI is InChI=1S/C20H30N4O.HI/c1-3-21-20(24-13-9-17(15-24)16-25-2)22-11-6-12-23-14-10-18-7-4-5-8-19(18)23;/h4-5,7-8,10,14,17H,3,6,9,11-13,15-16H2,1-2H3,(H,21,22);1H. The molecule has 1 aliphatic heterocycles. The molecule has 2 aromatic rings. The number of aryl methyl sites for hydroxylation is 1. The fourth-order valence-corrected chi connectivity index (χ4v) is 3.58. The number of nitrogens with one attached hydrogen (secondary N) is 1. The highest BCUT2D eigenvalue weighted by atomic mass is 127. The number of guanidine groups is 1. The van der Waals surface area contributed by atoms with Crippen LogP contribution in [-0.2, 0) is 11.3 Å². The minimum Gasteiger partial charge on any atom is -0.384 e. The molecule has 1 aromatic carbocycles. The monoisotopic (exact) mass is 470 g/mol. The molecular weight excluding hydrogens is 439 g/mol. The molecule has 5 nitrogen and oxygen atoms in total. The lowest BCUT2D eigenvalue weighted by atomic mass is 10.1. The van der Waals surface area contributed by atoms with Crippen molar-refractivity contribution >= 4 is 40.8 Å². The molecule has 144 valence electrons. The molecule has 1 saturated heterocycles. The highest BCUT2D eigenvalue weighted by molar-refractivity contribution is 14.0. The first kappa shape index (κ1) is 21.0. The van der Waals surface area contributed by atoms with E-state index in [1.54, 1.807) is 7.11 Å². The quantitative estimate of drug-likeness (QED) is 0.291. The molecule has 1 unspecified atom stereocenters. The van der Waals surface area contributed by atoms with E-state index in [0.717, 1.165) is 51.7 Å². The molecule has 1 aliphatic rings. The summed E-state index contributed by atoms with van der Waals surface area (Å²) in [5.74, 6) is 1.68. The minimum absolute atomic E-state index is 0. The molecule has 2 heterocycles. The van der Waals surface area contributed by atoms with Gasteiger partial charge in [0.1, 0.15) is 0 Å². The molecular formula is C20H31IN4O. The summed E-state index contributed by atoms with van der Waals surface area (Å²) in [6.45, 7) is 7.85. The highest BCUT2D eigenvalue weighted by Gasteiger charge is 2.24. The van der Waals surface area contributed by atoms with Gasteiger partial charge >= 0.3 is 0 Å². The topological polar surface area (TPSA) is 41.8 Å². The van der Waals surface area contributed by atoms with E-state index < -0.39 is 0 Å². The minimum atomic E-state index is 0. The Bertz CT molecular complexity index is 700. The van der Waals surface area contributed by atoms with Gasteiger partial charge in [0, 0.05) is 57.5 Å². The predicted octanol–water partition coefficient (Wildman–Crippen LogP) is 3.58. The number of benzene rings is 1. The number of aromatic nitrogens is 1. The Morgan fingerprint density at radius 1 is 1.31 bits per heavy atom. The first-order chi connectivity index (χ1) is 12.3. The van der Waals surface area contributed by atoms with Crippen LogP contribution in [0.1, 0.15) is 19.8 Å². The van der Waals surface area contributed by atoms with Crippen molar-refractivity contribution in [1.82, 2.24) is 14.8 Å². The van der Waals surface area contributed by atoms with Crippen LogP contribution in [0, 0.1) is 5.92 Å². The molecule has 3 rings (SSSR count). The van der Waals surface area contributed by atoms with Crippen LogP contribution in [0.2, 0.25) is 0 Å². The Labute approximate surface area is 173 Å². The number of fused-ring (bicyclic) bond motifs is 1.